The van der Waals surface area contributed by atoms with Gasteiger partial charge in [-0.3, -0.25) is 0 Å². The van der Waals surface area contributed by atoms with Crippen LogP contribution in [-0.4, -0.2) is 23.8 Å². The van der Waals surface area contributed by atoms with E-state index >= 15 is 0 Å². The van der Waals surface area contributed by atoms with Crippen molar-refractivity contribution < 1.29 is 14.2 Å². The predicted molar refractivity (Wildman–Crippen MR) is 107 cm³/mol. The summed E-state index contributed by atoms with van der Waals surface area (Å²) in [7, 11) is 5.05. The normalized spacial score (nSPS) is 15.8. The zero-order valence-electron chi connectivity index (χ0n) is 15.5. The second kappa shape index (κ2) is 6.77. The van der Waals surface area contributed by atoms with Crippen LogP contribution in [0, 0.1) is 11.3 Å². The SMILES string of the molecule is COc1cc(C2C(C#N)=C(N)Oc3c2ccc2c3ncn2C)cc(Br)c1OC. The Morgan fingerprint density at radius 3 is 2.75 bits per heavy atom. The molecule has 1 unspecified atom stereocenters. The highest BCUT2D eigenvalue weighted by Gasteiger charge is 2.33. The lowest BCUT2D eigenvalue weighted by Gasteiger charge is -2.27. The second-order valence-corrected chi connectivity index (χ2v) is 7.22. The summed E-state index contributed by atoms with van der Waals surface area (Å²) in [6.45, 7) is 0. The minimum absolute atomic E-state index is 0.0732. The first-order valence-corrected chi connectivity index (χ1v) is 9.22. The van der Waals surface area contributed by atoms with Crippen LogP contribution in [0.2, 0.25) is 0 Å². The van der Waals surface area contributed by atoms with Crippen molar-refractivity contribution in [1.29, 1.82) is 5.26 Å². The van der Waals surface area contributed by atoms with Gasteiger partial charge >= 0.3 is 0 Å². The highest BCUT2D eigenvalue weighted by Crippen LogP contribution is 2.47. The lowest BCUT2D eigenvalue weighted by molar-refractivity contribution is 0.352. The Kier molecular flexibility index (Phi) is 4.40. The number of imidazole rings is 1. The molecule has 7 nitrogen and oxygen atoms in total. The van der Waals surface area contributed by atoms with Crippen molar-refractivity contribution in [1.82, 2.24) is 9.55 Å². The number of allylic oxidation sites excluding steroid dienone is 1. The van der Waals surface area contributed by atoms with E-state index in [-0.39, 0.29) is 5.88 Å². The van der Waals surface area contributed by atoms with Gasteiger partial charge in [-0.25, -0.2) is 4.98 Å². The third-order valence-electron chi connectivity index (χ3n) is 4.87. The molecular weight excluding hydrogens is 424 g/mol. The van der Waals surface area contributed by atoms with Gasteiger partial charge in [-0.1, -0.05) is 6.07 Å². The number of aromatic nitrogens is 2. The summed E-state index contributed by atoms with van der Waals surface area (Å²) in [6, 6.07) is 9.84. The first kappa shape index (κ1) is 18.2. The summed E-state index contributed by atoms with van der Waals surface area (Å²) < 4.78 is 19.3. The zero-order valence-corrected chi connectivity index (χ0v) is 17.1. The van der Waals surface area contributed by atoms with E-state index < -0.39 is 5.92 Å². The van der Waals surface area contributed by atoms with Crippen molar-refractivity contribution in [3.05, 3.63) is 57.6 Å². The summed E-state index contributed by atoms with van der Waals surface area (Å²) in [5.74, 6) is 1.34. The van der Waals surface area contributed by atoms with Crippen LogP contribution < -0.4 is 19.9 Å². The monoisotopic (exact) mass is 440 g/mol. The highest BCUT2D eigenvalue weighted by atomic mass is 79.9. The third kappa shape index (κ3) is 2.59. The number of methoxy groups -OCH3 is 2. The molecule has 3 aromatic rings. The van der Waals surface area contributed by atoms with E-state index in [4.69, 9.17) is 19.9 Å². The van der Waals surface area contributed by atoms with Gasteiger partial charge in [0.05, 0.1) is 36.5 Å². The fourth-order valence-corrected chi connectivity index (χ4v) is 4.18. The first-order valence-electron chi connectivity index (χ1n) is 8.43. The van der Waals surface area contributed by atoms with Crippen molar-refractivity contribution in [2.75, 3.05) is 14.2 Å². The lowest BCUT2D eigenvalue weighted by atomic mass is 9.83. The summed E-state index contributed by atoms with van der Waals surface area (Å²) in [5, 5.41) is 9.78. The number of halogens is 1. The Bertz CT molecular complexity index is 1180. The topological polar surface area (TPSA) is 95.3 Å². The van der Waals surface area contributed by atoms with Gasteiger partial charge in [0.15, 0.2) is 17.2 Å². The maximum absolute atomic E-state index is 9.78. The molecule has 0 saturated heterocycles. The lowest BCUT2D eigenvalue weighted by Crippen LogP contribution is -2.21. The number of ether oxygens (including phenoxy) is 3. The van der Waals surface area contributed by atoms with E-state index in [1.165, 1.54) is 0 Å². The zero-order chi connectivity index (χ0) is 20.0. The number of hydrogen-bond donors (Lipinski definition) is 1. The number of rotatable bonds is 3. The first-order chi connectivity index (χ1) is 13.5. The molecule has 0 saturated carbocycles. The van der Waals surface area contributed by atoms with E-state index in [1.807, 2.05) is 35.9 Å². The molecule has 0 bridgehead atoms. The van der Waals surface area contributed by atoms with Gasteiger partial charge in [-0.15, -0.1) is 0 Å². The third-order valence-corrected chi connectivity index (χ3v) is 5.46. The van der Waals surface area contributed by atoms with Crippen LogP contribution in [0.5, 0.6) is 17.2 Å². The van der Waals surface area contributed by atoms with Crippen LogP contribution in [0.4, 0.5) is 0 Å². The maximum atomic E-state index is 9.78. The number of fused-ring (bicyclic) bond motifs is 3. The van der Waals surface area contributed by atoms with Gasteiger partial charge in [-0.2, -0.15) is 5.26 Å². The number of benzene rings is 2. The molecule has 1 atom stereocenters. The fourth-order valence-electron chi connectivity index (χ4n) is 3.56. The van der Waals surface area contributed by atoms with Crippen molar-refractivity contribution >= 4 is 27.0 Å². The summed E-state index contributed by atoms with van der Waals surface area (Å²) in [6.07, 6.45) is 1.72. The molecule has 142 valence electrons. The molecule has 2 aromatic carbocycles. The average Bonchev–Trinajstić information content (AvgIpc) is 3.07. The summed E-state index contributed by atoms with van der Waals surface area (Å²) in [4.78, 5) is 4.45. The van der Waals surface area contributed by atoms with Crippen LogP contribution in [0.15, 0.2) is 46.5 Å². The molecule has 1 aliphatic heterocycles. The van der Waals surface area contributed by atoms with Crippen LogP contribution in [0.3, 0.4) is 0 Å². The smallest absolute Gasteiger partial charge is 0.205 e. The number of nitrogens with two attached hydrogens (primary N) is 1. The van der Waals surface area contributed by atoms with Crippen LogP contribution in [0.25, 0.3) is 11.0 Å². The Morgan fingerprint density at radius 2 is 2.07 bits per heavy atom. The Morgan fingerprint density at radius 1 is 1.29 bits per heavy atom. The van der Waals surface area contributed by atoms with Crippen molar-refractivity contribution in [3.63, 3.8) is 0 Å². The van der Waals surface area contributed by atoms with Gasteiger partial charge in [-0.05, 0) is 39.7 Å². The number of nitrogens with zero attached hydrogens (tertiary/aromatic N) is 3. The van der Waals surface area contributed by atoms with Gasteiger partial charge in [0.2, 0.25) is 5.88 Å². The largest absolute Gasteiger partial charge is 0.493 e. The molecule has 0 radical (unpaired) electrons. The van der Waals surface area contributed by atoms with Gasteiger partial charge in [0.1, 0.15) is 17.2 Å². The molecular formula is C20H17BrN4O3. The summed E-state index contributed by atoms with van der Waals surface area (Å²) >= 11 is 3.52. The molecule has 1 aromatic heterocycles. The molecule has 4 rings (SSSR count). The average molecular weight is 441 g/mol. The van der Waals surface area contributed by atoms with Crippen molar-refractivity contribution in [2.24, 2.45) is 12.8 Å². The summed E-state index contributed by atoms with van der Waals surface area (Å²) in [5.41, 5.74) is 9.72. The molecule has 8 heteroatoms. The number of nitriles is 1. The van der Waals surface area contributed by atoms with E-state index in [0.717, 1.165) is 16.6 Å². The number of aryl methyl sites for hydroxylation is 1. The molecule has 0 aliphatic carbocycles. The van der Waals surface area contributed by atoms with E-state index in [0.29, 0.717) is 32.8 Å². The standard InChI is InChI=1S/C20H17BrN4O3/c1-25-9-24-17-14(25)5-4-11-16(12(8-22)20(23)28-18(11)17)10-6-13(21)19(27-3)15(7-10)26-2/h4-7,9,16H,23H2,1-3H3. The quantitative estimate of drug-likeness (QED) is 0.668. The Hall–Kier alpha value is -3.18. The van der Waals surface area contributed by atoms with E-state index in [1.54, 1.807) is 20.5 Å². The molecule has 0 amide bonds. The predicted octanol–water partition coefficient (Wildman–Crippen LogP) is 3.57. The molecule has 28 heavy (non-hydrogen) atoms. The van der Waals surface area contributed by atoms with Gasteiger partial charge in [0, 0.05) is 12.6 Å². The van der Waals surface area contributed by atoms with Crippen LogP contribution >= 0.6 is 15.9 Å². The fraction of sp³-hybridized carbons (Fsp3) is 0.200. The van der Waals surface area contributed by atoms with Gasteiger partial charge < -0.3 is 24.5 Å². The number of hydrogen-bond acceptors (Lipinski definition) is 6. The molecule has 0 spiro atoms. The minimum Gasteiger partial charge on any atom is -0.493 e. The van der Waals surface area contributed by atoms with Gasteiger partial charge in [0.25, 0.3) is 0 Å². The van der Waals surface area contributed by atoms with Crippen molar-refractivity contribution in [3.8, 4) is 23.3 Å². The molecule has 2 N–H and O–H groups in total. The van der Waals surface area contributed by atoms with Crippen LogP contribution in [-0.2, 0) is 7.05 Å². The van der Waals surface area contributed by atoms with Crippen LogP contribution in [0.1, 0.15) is 17.0 Å². The second-order valence-electron chi connectivity index (χ2n) is 6.37. The van der Waals surface area contributed by atoms with Crippen molar-refractivity contribution in [2.45, 2.75) is 5.92 Å². The highest BCUT2D eigenvalue weighted by molar-refractivity contribution is 9.10. The van der Waals surface area contributed by atoms with E-state index in [9.17, 15) is 5.26 Å². The van der Waals surface area contributed by atoms with E-state index in [2.05, 4.69) is 27.0 Å². The molecule has 0 fully saturated rings. The Labute approximate surface area is 170 Å². The maximum Gasteiger partial charge on any atom is 0.205 e. The molecule has 2 heterocycles. The molecule has 1 aliphatic rings. The minimum atomic E-state index is -0.420. The Balaban J connectivity index is 2.00.